The minimum atomic E-state index is -0.501. The van der Waals surface area contributed by atoms with Crippen LogP contribution < -0.4 is 0 Å². The van der Waals surface area contributed by atoms with E-state index in [1.54, 1.807) is 19.1 Å². The minimum absolute atomic E-state index is 0.281. The van der Waals surface area contributed by atoms with Crippen LogP contribution in [-0.4, -0.2) is 11.6 Å². The largest absolute Gasteiger partial charge is 0.457 e. The van der Waals surface area contributed by atoms with Gasteiger partial charge in [-0.1, -0.05) is 6.07 Å². The molecule has 2 nitrogen and oxygen atoms in total. The van der Waals surface area contributed by atoms with Crippen molar-refractivity contribution in [2.75, 3.05) is 0 Å². The lowest BCUT2D eigenvalue weighted by atomic mass is 10.1. The number of halogens is 1. The molecule has 0 atom stereocenters. The van der Waals surface area contributed by atoms with Crippen molar-refractivity contribution in [1.29, 1.82) is 0 Å². The normalized spacial score (nSPS) is 11.8. The predicted octanol–water partition coefficient (Wildman–Crippen LogP) is 3.49. The molecule has 0 radical (unpaired) electrons. The first kappa shape index (κ1) is 13.4. The van der Waals surface area contributed by atoms with Crippen LogP contribution in [0.1, 0.15) is 31.9 Å². The fraction of sp³-hybridized carbons (Fsp3) is 0.357. The van der Waals surface area contributed by atoms with E-state index in [4.69, 9.17) is 4.74 Å². The summed E-state index contributed by atoms with van der Waals surface area (Å²) in [5, 5.41) is 0. The lowest BCUT2D eigenvalue weighted by Gasteiger charge is -2.17. The second-order valence-electron chi connectivity index (χ2n) is 4.87. The summed E-state index contributed by atoms with van der Waals surface area (Å²) in [6.45, 7) is 7.21. The van der Waals surface area contributed by atoms with Crippen molar-refractivity contribution in [3.63, 3.8) is 0 Å². The molecule has 0 aliphatic heterocycles. The summed E-state index contributed by atoms with van der Waals surface area (Å²) < 4.78 is 18.0. The highest BCUT2D eigenvalue weighted by Crippen LogP contribution is 2.13. The fourth-order valence-corrected chi connectivity index (χ4v) is 1.32. The lowest BCUT2D eigenvalue weighted by molar-refractivity contribution is -0.148. The average Bonchev–Trinajstić information content (AvgIpc) is 2.13. The van der Waals surface area contributed by atoms with E-state index in [2.05, 4.69) is 0 Å². The van der Waals surface area contributed by atoms with Crippen LogP contribution in [0.5, 0.6) is 0 Å². The molecule has 0 aliphatic carbocycles. The third-order valence-electron chi connectivity index (χ3n) is 2.04. The van der Waals surface area contributed by atoms with Crippen molar-refractivity contribution >= 4 is 12.0 Å². The van der Waals surface area contributed by atoms with Gasteiger partial charge in [-0.05, 0) is 57.0 Å². The van der Waals surface area contributed by atoms with Gasteiger partial charge >= 0.3 is 5.97 Å². The van der Waals surface area contributed by atoms with E-state index in [0.29, 0.717) is 0 Å². The molecule has 1 aromatic carbocycles. The standard InChI is InChI=1S/C14H17FO2/c1-10-9-12(15)7-5-11(10)6-8-13(16)17-14(2,3)4/h5-9H,1-4H3/b8-6+. The summed E-state index contributed by atoms with van der Waals surface area (Å²) in [4.78, 5) is 11.4. The first-order valence-electron chi connectivity index (χ1n) is 5.45. The van der Waals surface area contributed by atoms with Gasteiger partial charge in [0.25, 0.3) is 0 Å². The quantitative estimate of drug-likeness (QED) is 0.580. The maximum atomic E-state index is 12.9. The van der Waals surface area contributed by atoms with Crippen LogP contribution in [0, 0.1) is 12.7 Å². The van der Waals surface area contributed by atoms with E-state index in [-0.39, 0.29) is 5.82 Å². The van der Waals surface area contributed by atoms with Crippen molar-refractivity contribution in [3.8, 4) is 0 Å². The van der Waals surface area contributed by atoms with Crippen LogP contribution in [0.4, 0.5) is 4.39 Å². The number of esters is 1. The van der Waals surface area contributed by atoms with E-state index < -0.39 is 11.6 Å². The van der Waals surface area contributed by atoms with E-state index >= 15 is 0 Å². The first-order valence-corrected chi connectivity index (χ1v) is 5.45. The van der Waals surface area contributed by atoms with Gasteiger partial charge in [0.05, 0.1) is 0 Å². The van der Waals surface area contributed by atoms with E-state index in [0.717, 1.165) is 11.1 Å². The Hall–Kier alpha value is -1.64. The zero-order chi connectivity index (χ0) is 13.1. The van der Waals surface area contributed by atoms with Crippen LogP contribution >= 0.6 is 0 Å². The molecule has 17 heavy (non-hydrogen) atoms. The number of carbonyl (C=O) groups excluding carboxylic acids is 1. The van der Waals surface area contributed by atoms with Crippen molar-refractivity contribution in [3.05, 3.63) is 41.2 Å². The maximum absolute atomic E-state index is 12.9. The Morgan fingerprint density at radius 2 is 2.00 bits per heavy atom. The number of ether oxygens (including phenoxy) is 1. The molecule has 0 saturated carbocycles. The van der Waals surface area contributed by atoms with Gasteiger partial charge in [0, 0.05) is 6.08 Å². The Morgan fingerprint density at radius 1 is 1.35 bits per heavy atom. The van der Waals surface area contributed by atoms with Crippen molar-refractivity contribution in [2.24, 2.45) is 0 Å². The number of aryl methyl sites for hydroxylation is 1. The van der Waals surface area contributed by atoms with Gasteiger partial charge < -0.3 is 4.74 Å². The average molecular weight is 236 g/mol. The summed E-state index contributed by atoms with van der Waals surface area (Å²) in [6, 6.07) is 4.42. The lowest BCUT2D eigenvalue weighted by Crippen LogP contribution is -2.22. The number of rotatable bonds is 2. The van der Waals surface area contributed by atoms with Gasteiger partial charge in [-0.15, -0.1) is 0 Å². The second kappa shape index (κ2) is 5.13. The zero-order valence-electron chi connectivity index (χ0n) is 10.6. The number of hydrogen-bond donors (Lipinski definition) is 0. The van der Waals surface area contributed by atoms with Gasteiger partial charge in [0.15, 0.2) is 0 Å². The highest BCUT2D eigenvalue weighted by Gasteiger charge is 2.13. The Morgan fingerprint density at radius 3 is 2.53 bits per heavy atom. The Bertz CT molecular complexity index is 442. The number of hydrogen-bond acceptors (Lipinski definition) is 2. The van der Waals surface area contributed by atoms with Crippen molar-refractivity contribution in [1.82, 2.24) is 0 Å². The zero-order valence-corrected chi connectivity index (χ0v) is 10.6. The van der Waals surface area contributed by atoms with Crippen LogP contribution in [0.15, 0.2) is 24.3 Å². The molecule has 0 unspecified atom stereocenters. The van der Waals surface area contributed by atoms with Gasteiger partial charge in [-0.3, -0.25) is 0 Å². The third-order valence-corrected chi connectivity index (χ3v) is 2.04. The summed E-state index contributed by atoms with van der Waals surface area (Å²) in [7, 11) is 0. The summed E-state index contributed by atoms with van der Waals surface area (Å²) in [5.74, 6) is -0.682. The summed E-state index contributed by atoms with van der Waals surface area (Å²) in [6.07, 6.45) is 2.98. The smallest absolute Gasteiger partial charge is 0.331 e. The highest BCUT2D eigenvalue weighted by atomic mass is 19.1. The molecular formula is C14H17FO2. The number of carbonyl (C=O) groups is 1. The Kier molecular flexibility index (Phi) is 4.05. The molecule has 0 N–H and O–H groups in total. The molecule has 0 bridgehead atoms. The van der Waals surface area contributed by atoms with Crippen LogP contribution in [0.25, 0.3) is 6.08 Å². The predicted molar refractivity (Wildman–Crippen MR) is 66.0 cm³/mol. The third kappa shape index (κ3) is 4.81. The monoisotopic (exact) mass is 236 g/mol. The van der Waals surface area contributed by atoms with E-state index in [1.807, 2.05) is 20.8 Å². The van der Waals surface area contributed by atoms with Crippen LogP contribution in [0.2, 0.25) is 0 Å². The van der Waals surface area contributed by atoms with Crippen molar-refractivity contribution in [2.45, 2.75) is 33.3 Å². The maximum Gasteiger partial charge on any atom is 0.331 e. The molecule has 92 valence electrons. The van der Waals surface area contributed by atoms with Gasteiger partial charge in [-0.25, -0.2) is 9.18 Å². The van der Waals surface area contributed by atoms with E-state index in [1.165, 1.54) is 18.2 Å². The Labute approximate surface area is 101 Å². The Balaban J connectivity index is 2.74. The van der Waals surface area contributed by atoms with Gasteiger partial charge in [-0.2, -0.15) is 0 Å². The molecule has 0 saturated heterocycles. The molecule has 3 heteroatoms. The topological polar surface area (TPSA) is 26.3 Å². The molecule has 0 aromatic heterocycles. The summed E-state index contributed by atoms with van der Waals surface area (Å²) in [5.41, 5.74) is 1.08. The molecule has 0 spiro atoms. The van der Waals surface area contributed by atoms with Gasteiger partial charge in [0.2, 0.25) is 0 Å². The van der Waals surface area contributed by atoms with Crippen LogP contribution in [0.3, 0.4) is 0 Å². The molecule has 0 heterocycles. The molecule has 0 fully saturated rings. The minimum Gasteiger partial charge on any atom is -0.457 e. The van der Waals surface area contributed by atoms with Crippen molar-refractivity contribution < 1.29 is 13.9 Å². The van der Waals surface area contributed by atoms with Gasteiger partial charge in [0.1, 0.15) is 11.4 Å². The van der Waals surface area contributed by atoms with E-state index in [9.17, 15) is 9.18 Å². The first-order chi connectivity index (χ1) is 7.78. The summed E-state index contributed by atoms with van der Waals surface area (Å²) >= 11 is 0. The second-order valence-corrected chi connectivity index (χ2v) is 4.87. The highest BCUT2D eigenvalue weighted by molar-refractivity contribution is 5.87. The SMILES string of the molecule is Cc1cc(F)ccc1/C=C/C(=O)OC(C)(C)C. The molecule has 1 rings (SSSR count). The van der Waals surface area contributed by atoms with Crippen LogP contribution in [-0.2, 0) is 9.53 Å². The molecule has 1 aromatic rings. The number of benzene rings is 1. The molecular weight excluding hydrogens is 219 g/mol. The molecule has 0 amide bonds. The fourth-order valence-electron chi connectivity index (χ4n) is 1.32. The molecule has 0 aliphatic rings.